The number of halogens is 5. The highest BCUT2D eigenvalue weighted by Gasteiger charge is 2.34. The third-order valence-corrected chi connectivity index (χ3v) is 2.91. The molecule has 0 atom stereocenters. The van der Waals surface area contributed by atoms with Crippen molar-refractivity contribution in [2.75, 3.05) is 0 Å². The van der Waals surface area contributed by atoms with E-state index in [0.29, 0.717) is 12.1 Å². The van der Waals surface area contributed by atoms with E-state index in [0.717, 1.165) is 17.7 Å². The highest BCUT2D eigenvalue weighted by atomic mass is 19.4. The van der Waals surface area contributed by atoms with Crippen molar-refractivity contribution in [1.29, 1.82) is 0 Å². The second kappa shape index (κ2) is 6.22. The summed E-state index contributed by atoms with van der Waals surface area (Å²) in [6.07, 6.45) is -4.71. The lowest BCUT2D eigenvalue weighted by molar-refractivity contribution is -0.140. The quantitative estimate of drug-likeness (QED) is 0.831. The summed E-state index contributed by atoms with van der Waals surface area (Å²) in [5.74, 6) is -1.64. The third kappa shape index (κ3) is 4.26. The Labute approximate surface area is 118 Å². The SMILES string of the molecule is Fc1ccc(CNCc2ccc(F)c(C(F)(F)F)c2)cc1. The maximum Gasteiger partial charge on any atom is 0.419 e. The van der Waals surface area contributed by atoms with Gasteiger partial charge in [0.05, 0.1) is 5.56 Å². The zero-order valence-electron chi connectivity index (χ0n) is 10.8. The molecule has 0 amide bonds. The maximum absolute atomic E-state index is 13.1. The van der Waals surface area contributed by atoms with Crippen LogP contribution in [0.1, 0.15) is 16.7 Å². The van der Waals surface area contributed by atoms with Crippen molar-refractivity contribution >= 4 is 0 Å². The van der Waals surface area contributed by atoms with Gasteiger partial charge >= 0.3 is 6.18 Å². The summed E-state index contributed by atoms with van der Waals surface area (Å²) in [5.41, 5.74) is -0.149. The molecular weight excluding hydrogens is 289 g/mol. The van der Waals surface area contributed by atoms with Crippen molar-refractivity contribution in [2.45, 2.75) is 19.3 Å². The first-order valence-electron chi connectivity index (χ1n) is 6.17. The van der Waals surface area contributed by atoms with E-state index in [2.05, 4.69) is 5.32 Å². The van der Waals surface area contributed by atoms with E-state index in [1.165, 1.54) is 18.2 Å². The zero-order valence-corrected chi connectivity index (χ0v) is 10.8. The molecule has 0 saturated carbocycles. The normalized spacial score (nSPS) is 11.7. The van der Waals surface area contributed by atoms with Crippen LogP contribution in [-0.2, 0) is 19.3 Å². The lowest BCUT2D eigenvalue weighted by Gasteiger charge is -2.11. The lowest BCUT2D eigenvalue weighted by atomic mass is 10.1. The van der Waals surface area contributed by atoms with Gasteiger partial charge in [-0.05, 0) is 35.4 Å². The molecule has 0 heterocycles. The zero-order chi connectivity index (χ0) is 15.5. The summed E-state index contributed by atoms with van der Waals surface area (Å²) >= 11 is 0. The Balaban J connectivity index is 1.99. The molecule has 0 bridgehead atoms. The Kier molecular flexibility index (Phi) is 4.57. The fraction of sp³-hybridized carbons (Fsp3) is 0.200. The minimum absolute atomic E-state index is 0.154. The molecule has 112 valence electrons. The van der Waals surface area contributed by atoms with Gasteiger partial charge in [-0.25, -0.2) is 8.78 Å². The van der Waals surface area contributed by atoms with Crippen LogP contribution in [0.3, 0.4) is 0 Å². The van der Waals surface area contributed by atoms with Crippen LogP contribution in [0, 0.1) is 11.6 Å². The smallest absolute Gasteiger partial charge is 0.309 e. The standard InChI is InChI=1S/C15H12F5N/c16-12-4-1-10(2-5-12)8-21-9-11-3-6-14(17)13(7-11)15(18,19)20/h1-7,21H,8-9H2. The molecule has 2 aromatic rings. The molecule has 0 spiro atoms. The van der Waals surface area contributed by atoms with E-state index in [1.54, 1.807) is 12.1 Å². The summed E-state index contributed by atoms with van der Waals surface area (Å²) in [5, 5.41) is 2.92. The summed E-state index contributed by atoms with van der Waals surface area (Å²) in [6.45, 7) is 0.528. The Morgan fingerprint density at radius 3 is 2.00 bits per heavy atom. The van der Waals surface area contributed by atoms with Crippen LogP contribution in [0.4, 0.5) is 22.0 Å². The van der Waals surface area contributed by atoms with Gasteiger partial charge in [0.25, 0.3) is 0 Å². The first-order chi connectivity index (χ1) is 9.86. The summed E-state index contributed by atoms with van der Waals surface area (Å²) in [7, 11) is 0. The van der Waals surface area contributed by atoms with E-state index in [4.69, 9.17) is 0 Å². The van der Waals surface area contributed by atoms with E-state index < -0.39 is 17.6 Å². The molecule has 0 aromatic heterocycles. The van der Waals surface area contributed by atoms with Gasteiger partial charge in [-0.2, -0.15) is 13.2 Å². The van der Waals surface area contributed by atoms with Crippen LogP contribution in [0.5, 0.6) is 0 Å². The van der Waals surface area contributed by atoms with Crippen LogP contribution in [-0.4, -0.2) is 0 Å². The molecular formula is C15H12F5N. The molecule has 2 aromatic carbocycles. The van der Waals surface area contributed by atoms with Crippen molar-refractivity contribution in [2.24, 2.45) is 0 Å². The Hall–Kier alpha value is -1.95. The van der Waals surface area contributed by atoms with E-state index >= 15 is 0 Å². The first-order valence-corrected chi connectivity index (χ1v) is 6.17. The van der Waals surface area contributed by atoms with Gasteiger partial charge < -0.3 is 5.32 Å². The third-order valence-electron chi connectivity index (χ3n) is 2.91. The molecule has 0 aliphatic heterocycles. The van der Waals surface area contributed by atoms with Gasteiger partial charge in [-0.15, -0.1) is 0 Å². The highest BCUT2D eigenvalue weighted by molar-refractivity contribution is 5.27. The largest absolute Gasteiger partial charge is 0.419 e. The molecule has 0 radical (unpaired) electrons. The van der Waals surface area contributed by atoms with E-state index in [9.17, 15) is 22.0 Å². The number of nitrogens with one attached hydrogen (secondary N) is 1. The molecule has 0 saturated heterocycles. The van der Waals surface area contributed by atoms with Crippen molar-refractivity contribution < 1.29 is 22.0 Å². The van der Waals surface area contributed by atoms with Crippen LogP contribution >= 0.6 is 0 Å². The van der Waals surface area contributed by atoms with E-state index in [1.807, 2.05) is 0 Å². The fourth-order valence-corrected chi connectivity index (χ4v) is 1.85. The van der Waals surface area contributed by atoms with Crippen molar-refractivity contribution in [3.05, 3.63) is 70.8 Å². The molecule has 1 nitrogen and oxygen atoms in total. The Morgan fingerprint density at radius 1 is 0.810 bits per heavy atom. The minimum Gasteiger partial charge on any atom is -0.309 e. The molecule has 2 rings (SSSR count). The summed E-state index contributed by atoms with van der Waals surface area (Å²) in [4.78, 5) is 0. The van der Waals surface area contributed by atoms with Crippen LogP contribution < -0.4 is 5.32 Å². The van der Waals surface area contributed by atoms with Crippen molar-refractivity contribution in [3.8, 4) is 0 Å². The van der Waals surface area contributed by atoms with Gasteiger partial charge in [0, 0.05) is 13.1 Å². The fourth-order valence-electron chi connectivity index (χ4n) is 1.85. The van der Waals surface area contributed by atoms with E-state index in [-0.39, 0.29) is 12.4 Å². The van der Waals surface area contributed by atoms with Gasteiger partial charge in [-0.1, -0.05) is 18.2 Å². The summed E-state index contributed by atoms with van der Waals surface area (Å²) < 4.78 is 63.5. The lowest BCUT2D eigenvalue weighted by Crippen LogP contribution is -2.14. The number of alkyl halides is 3. The highest BCUT2D eigenvalue weighted by Crippen LogP contribution is 2.31. The Bertz CT molecular complexity index is 604. The van der Waals surface area contributed by atoms with Crippen molar-refractivity contribution in [3.63, 3.8) is 0 Å². The number of hydrogen-bond acceptors (Lipinski definition) is 1. The molecule has 0 aliphatic rings. The van der Waals surface area contributed by atoms with Crippen LogP contribution in [0.25, 0.3) is 0 Å². The number of hydrogen-bond donors (Lipinski definition) is 1. The molecule has 6 heteroatoms. The number of benzene rings is 2. The Morgan fingerprint density at radius 2 is 1.38 bits per heavy atom. The van der Waals surface area contributed by atoms with Crippen LogP contribution in [0.2, 0.25) is 0 Å². The second-order valence-corrected chi connectivity index (χ2v) is 4.54. The topological polar surface area (TPSA) is 12.0 Å². The van der Waals surface area contributed by atoms with Crippen molar-refractivity contribution in [1.82, 2.24) is 5.32 Å². The van der Waals surface area contributed by atoms with Gasteiger partial charge in [0.15, 0.2) is 0 Å². The summed E-state index contributed by atoms with van der Waals surface area (Å²) in [6, 6.07) is 8.64. The second-order valence-electron chi connectivity index (χ2n) is 4.54. The molecule has 21 heavy (non-hydrogen) atoms. The average molecular weight is 301 g/mol. The predicted molar refractivity (Wildman–Crippen MR) is 68.3 cm³/mol. The molecule has 1 N–H and O–H groups in total. The molecule has 0 unspecified atom stereocenters. The van der Waals surface area contributed by atoms with Crippen LogP contribution in [0.15, 0.2) is 42.5 Å². The monoisotopic (exact) mass is 301 g/mol. The minimum atomic E-state index is -4.71. The van der Waals surface area contributed by atoms with Gasteiger partial charge in [-0.3, -0.25) is 0 Å². The van der Waals surface area contributed by atoms with Gasteiger partial charge in [0.2, 0.25) is 0 Å². The first kappa shape index (κ1) is 15.4. The molecule has 0 aliphatic carbocycles. The number of rotatable bonds is 4. The predicted octanol–water partition coefficient (Wildman–Crippen LogP) is 4.27. The maximum atomic E-state index is 13.1. The average Bonchev–Trinajstić information content (AvgIpc) is 2.41. The molecule has 0 fully saturated rings. The van der Waals surface area contributed by atoms with Gasteiger partial charge in [0.1, 0.15) is 11.6 Å².